The molecule has 0 spiro atoms. The number of allylic oxidation sites excluding steroid dienone is 2. The second-order valence-electron chi connectivity index (χ2n) is 5.96. The highest BCUT2D eigenvalue weighted by atomic mass is 14.1. The van der Waals surface area contributed by atoms with E-state index in [9.17, 15) is 0 Å². The number of rotatable bonds is 12. The molecule has 108 valence electrons. The van der Waals surface area contributed by atoms with Gasteiger partial charge in [0.15, 0.2) is 0 Å². The van der Waals surface area contributed by atoms with Crippen LogP contribution < -0.4 is 0 Å². The van der Waals surface area contributed by atoms with Crippen molar-refractivity contribution in [1.82, 2.24) is 0 Å². The summed E-state index contributed by atoms with van der Waals surface area (Å²) in [6.45, 7) is 9.34. The van der Waals surface area contributed by atoms with Crippen molar-refractivity contribution in [3.63, 3.8) is 0 Å². The van der Waals surface area contributed by atoms with Crippen LogP contribution in [0.3, 0.4) is 0 Å². The lowest BCUT2D eigenvalue weighted by Crippen LogP contribution is -2.04. The van der Waals surface area contributed by atoms with Crippen molar-refractivity contribution in [2.75, 3.05) is 0 Å². The minimum Gasteiger partial charge on any atom is -0.0883 e. The smallest absolute Gasteiger partial charge is 0.0236 e. The summed E-state index contributed by atoms with van der Waals surface area (Å²) in [6, 6.07) is 0. The van der Waals surface area contributed by atoms with Crippen LogP contribution in [0.15, 0.2) is 12.2 Å². The first-order chi connectivity index (χ1) is 8.72. The second kappa shape index (κ2) is 13.2. The first-order valence-corrected chi connectivity index (χ1v) is 8.39. The topological polar surface area (TPSA) is 0 Å². The summed E-state index contributed by atoms with van der Waals surface area (Å²) < 4.78 is 0. The van der Waals surface area contributed by atoms with Gasteiger partial charge in [-0.1, -0.05) is 91.2 Å². The molecule has 0 heterocycles. The Morgan fingerprint density at radius 3 is 2.06 bits per heavy atom. The Bertz CT molecular complexity index is 180. The van der Waals surface area contributed by atoms with Crippen LogP contribution in [0.2, 0.25) is 0 Å². The Morgan fingerprint density at radius 2 is 1.39 bits per heavy atom. The zero-order valence-electron chi connectivity index (χ0n) is 13.4. The van der Waals surface area contributed by atoms with Gasteiger partial charge in [-0.25, -0.2) is 0 Å². The average Bonchev–Trinajstić information content (AvgIpc) is 2.38. The van der Waals surface area contributed by atoms with E-state index in [2.05, 4.69) is 39.8 Å². The van der Waals surface area contributed by atoms with Crippen LogP contribution in [0.25, 0.3) is 0 Å². The average molecular weight is 252 g/mol. The van der Waals surface area contributed by atoms with Crippen molar-refractivity contribution in [3.8, 4) is 0 Å². The predicted molar refractivity (Wildman–Crippen MR) is 85.0 cm³/mol. The molecule has 0 heteroatoms. The standard InChI is InChI=1S/C18H36/c1-5-7-9-10-11-12-13-14-16-18(4)17(3)15-8-6-2/h14,16-18H,5-13,15H2,1-4H3. The molecule has 0 rings (SSSR count). The molecular formula is C18H36. The highest BCUT2D eigenvalue weighted by Gasteiger charge is 2.07. The molecule has 0 amide bonds. The Kier molecular flexibility index (Phi) is 13.0. The zero-order chi connectivity index (χ0) is 13.6. The van der Waals surface area contributed by atoms with E-state index in [0.29, 0.717) is 0 Å². The zero-order valence-corrected chi connectivity index (χ0v) is 13.4. The molecule has 2 atom stereocenters. The monoisotopic (exact) mass is 252 g/mol. The maximum Gasteiger partial charge on any atom is -0.0236 e. The van der Waals surface area contributed by atoms with E-state index in [1.165, 1.54) is 64.2 Å². The third kappa shape index (κ3) is 10.9. The van der Waals surface area contributed by atoms with Gasteiger partial charge in [-0.15, -0.1) is 0 Å². The molecule has 0 aromatic heterocycles. The summed E-state index contributed by atoms with van der Waals surface area (Å²) in [7, 11) is 0. The molecule has 0 nitrogen and oxygen atoms in total. The Balaban J connectivity index is 3.44. The minimum absolute atomic E-state index is 0.761. The molecule has 0 bridgehead atoms. The van der Waals surface area contributed by atoms with Gasteiger partial charge in [0, 0.05) is 0 Å². The van der Waals surface area contributed by atoms with Crippen molar-refractivity contribution in [2.45, 2.75) is 91.9 Å². The van der Waals surface area contributed by atoms with Crippen LogP contribution in [0.5, 0.6) is 0 Å². The first-order valence-electron chi connectivity index (χ1n) is 8.39. The lowest BCUT2D eigenvalue weighted by Gasteiger charge is -2.15. The SMILES string of the molecule is CCCCCCCCC=CC(C)C(C)CCCC. The lowest BCUT2D eigenvalue weighted by atomic mass is 9.90. The van der Waals surface area contributed by atoms with Gasteiger partial charge in [0.25, 0.3) is 0 Å². The summed E-state index contributed by atoms with van der Waals surface area (Å²) in [6.07, 6.45) is 18.7. The minimum atomic E-state index is 0.761. The fourth-order valence-corrected chi connectivity index (χ4v) is 2.33. The fraction of sp³-hybridized carbons (Fsp3) is 0.889. The maximum absolute atomic E-state index is 2.45. The van der Waals surface area contributed by atoms with Crippen molar-refractivity contribution in [1.29, 1.82) is 0 Å². The van der Waals surface area contributed by atoms with Crippen molar-refractivity contribution >= 4 is 0 Å². The summed E-state index contributed by atoms with van der Waals surface area (Å²) in [4.78, 5) is 0. The summed E-state index contributed by atoms with van der Waals surface area (Å²) in [5.41, 5.74) is 0. The quantitative estimate of drug-likeness (QED) is 0.266. The van der Waals surface area contributed by atoms with Crippen LogP contribution >= 0.6 is 0 Å². The molecule has 0 aliphatic rings. The van der Waals surface area contributed by atoms with E-state index >= 15 is 0 Å². The van der Waals surface area contributed by atoms with Gasteiger partial charge < -0.3 is 0 Å². The summed E-state index contributed by atoms with van der Waals surface area (Å²) >= 11 is 0. The van der Waals surface area contributed by atoms with Crippen molar-refractivity contribution < 1.29 is 0 Å². The van der Waals surface area contributed by atoms with E-state index in [1.54, 1.807) is 0 Å². The lowest BCUT2D eigenvalue weighted by molar-refractivity contribution is 0.413. The second-order valence-corrected chi connectivity index (χ2v) is 5.96. The largest absolute Gasteiger partial charge is 0.0883 e. The third-order valence-electron chi connectivity index (χ3n) is 4.07. The molecule has 0 aliphatic heterocycles. The van der Waals surface area contributed by atoms with Gasteiger partial charge in [0.2, 0.25) is 0 Å². The summed E-state index contributed by atoms with van der Waals surface area (Å²) in [5.74, 6) is 1.61. The first kappa shape index (κ1) is 17.7. The number of hydrogen-bond acceptors (Lipinski definition) is 0. The van der Waals surface area contributed by atoms with Crippen molar-refractivity contribution in [3.05, 3.63) is 12.2 Å². The van der Waals surface area contributed by atoms with Crippen molar-refractivity contribution in [2.24, 2.45) is 11.8 Å². The Labute approximate surface area is 116 Å². The van der Waals surface area contributed by atoms with Gasteiger partial charge in [-0.05, 0) is 24.7 Å². The van der Waals surface area contributed by atoms with Gasteiger partial charge in [-0.3, -0.25) is 0 Å². The van der Waals surface area contributed by atoms with Gasteiger partial charge in [0.1, 0.15) is 0 Å². The molecule has 0 fully saturated rings. The normalized spacial score (nSPS) is 15.1. The Hall–Kier alpha value is -0.260. The van der Waals surface area contributed by atoms with E-state index < -0.39 is 0 Å². The molecule has 0 aromatic carbocycles. The maximum atomic E-state index is 2.45. The van der Waals surface area contributed by atoms with Crippen LogP contribution in [-0.2, 0) is 0 Å². The molecule has 0 radical (unpaired) electrons. The number of unbranched alkanes of at least 4 members (excludes halogenated alkanes) is 7. The summed E-state index contributed by atoms with van der Waals surface area (Å²) in [5, 5.41) is 0. The van der Waals surface area contributed by atoms with E-state index in [1.807, 2.05) is 0 Å². The van der Waals surface area contributed by atoms with E-state index in [-0.39, 0.29) is 0 Å². The van der Waals surface area contributed by atoms with E-state index in [0.717, 1.165) is 11.8 Å². The molecule has 0 aromatic rings. The molecular weight excluding hydrogens is 216 g/mol. The van der Waals surface area contributed by atoms with Crippen LogP contribution in [0, 0.1) is 11.8 Å². The number of hydrogen-bond donors (Lipinski definition) is 0. The van der Waals surface area contributed by atoms with Crippen LogP contribution in [0.1, 0.15) is 91.9 Å². The molecule has 0 saturated carbocycles. The molecule has 0 saturated heterocycles. The van der Waals surface area contributed by atoms with Gasteiger partial charge in [-0.2, -0.15) is 0 Å². The van der Waals surface area contributed by atoms with Gasteiger partial charge >= 0.3 is 0 Å². The molecule has 0 aliphatic carbocycles. The van der Waals surface area contributed by atoms with Gasteiger partial charge in [0.05, 0.1) is 0 Å². The van der Waals surface area contributed by atoms with Crippen LogP contribution in [-0.4, -0.2) is 0 Å². The van der Waals surface area contributed by atoms with Crippen LogP contribution in [0.4, 0.5) is 0 Å². The Morgan fingerprint density at radius 1 is 0.778 bits per heavy atom. The highest BCUT2D eigenvalue weighted by Crippen LogP contribution is 2.19. The predicted octanol–water partition coefficient (Wildman–Crippen LogP) is 6.76. The molecule has 18 heavy (non-hydrogen) atoms. The third-order valence-corrected chi connectivity index (χ3v) is 4.07. The molecule has 2 unspecified atom stereocenters. The van der Waals surface area contributed by atoms with E-state index in [4.69, 9.17) is 0 Å². The fourth-order valence-electron chi connectivity index (χ4n) is 2.33. The highest BCUT2D eigenvalue weighted by molar-refractivity contribution is 4.88. The molecule has 0 N–H and O–H groups in total.